The Bertz CT molecular complexity index is 884. The van der Waals surface area contributed by atoms with Crippen LogP contribution < -0.4 is 5.32 Å². The molecule has 1 aromatic carbocycles. The lowest BCUT2D eigenvalue weighted by molar-refractivity contribution is -0.115. The van der Waals surface area contributed by atoms with Crippen LogP contribution in [-0.2, 0) is 4.79 Å². The molecule has 136 valence electrons. The first-order chi connectivity index (χ1) is 12.4. The van der Waals surface area contributed by atoms with E-state index in [1.165, 1.54) is 17.3 Å². The van der Waals surface area contributed by atoms with Crippen molar-refractivity contribution in [1.29, 1.82) is 0 Å². The zero-order chi connectivity index (χ0) is 18.7. The van der Waals surface area contributed by atoms with Gasteiger partial charge >= 0.3 is 0 Å². The molecule has 3 aromatic rings. The highest BCUT2D eigenvalue weighted by atomic mass is 32.2. The smallest absolute Gasteiger partial charge is 0.277 e. The molecule has 0 saturated heterocycles. The van der Waals surface area contributed by atoms with Crippen LogP contribution in [0.1, 0.15) is 38.0 Å². The van der Waals surface area contributed by atoms with E-state index in [4.69, 9.17) is 8.83 Å². The molecule has 0 fully saturated rings. The van der Waals surface area contributed by atoms with Crippen molar-refractivity contribution in [2.24, 2.45) is 0 Å². The summed E-state index contributed by atoms with van der Waals surface area (Å²) in [5, 5.41) is 10.9. The molecule has 1 atom stereocenters. The standard InChI is InChI=1S/C19H21N3O3S/c1-11(2)14-5-7-15(8-6-14)20-17(23)13(4)26-19-22-21-18(25-19)16-9-10-24-12(16)3/h5-11,13H,1-4H3,(H,20,23)/t13-/m0/s1. The largest absolute Gasteiger partial charge is 0.469 e. The second-order valence-corrected chi connectivity index (χ2v) is 7.58. The van der Waals surface area contributed by atoms with Gasteiger partial charge in [-0.25, -0.2) is 0 Å². The summed E-state index contributed by atoms with van der Waals surface area (Å²) in [5.41, 5.74) is 2.76. The van der Waals surface area contributed by atoms with Gasteiger partial charge in [-0.1, -0.05) is 37.7 Å². The van der Waals surface area contributed by atoms with E-state index in [1.807, 2.05) is 31.2 Å². The third-order valence-corrected chi connectivity index (χ3v) is 4.92. The zero-order valence-corrected chi connectivity index (χ0v) is 16.0. The minimum atomic E-state index is -0.376. The number of aromatic nitrogens is 2. The van der Waals surface area contributed by atoms with Crippen LogP contribution in [-0.4, -0.2) is 21.4 Å². The summed E-state index contributed by atoms with van der Waals surface area (Å²) in [4.78, 5) is 12.4. The van der Waals surface area contributed by atoms with Crippen LogP contribution in [0.4, 0.5) is 5.69 Å². The van der Waals surface area contributed by atoms with E-state index in [9.17, 15) is 4.79 Å². The predicted octanol–water partition coefficient (Wildman–Crippen LogP) is 4.88. The van der Waals surface area contributed by atoms with Crippen molar-refractivity contribution >= 4 is 23.4 Å². The number of carbonyl (C=O) groups excluding carboxylic acids is 1. The van der Waals surface area contributed by atoms with Crippen LogP contribution in [0.15, 0.2) is 50.7 Å². The van der Waals surface area contributed by atoms with Crippen molar-refractivity contribution < 1.29 is 13.6 Å². The average Bonchev–Trinajstić information content (AvgIpc) is 3.23. The van der Waals surface area contributed by atoms with E-state index in [0.717, 1.165) is 11.3 Å². The number of amides is 1. The SMILES string of the molecule is Cc1occc1-c1nnc(S[C@@H](C)C(=O)Nc2ccc(C(C)C)cc2)o1. The Labute approximate surface area is 156 Å². The molecular weight excluding hydrogens is 350 g/mol. The second-order valence-electron chi connectivity index (χ2n) is 6.29. The van der Waals surface area contributed by atoms with Crippen molar-refractivity contribution in [3.8, 4) is 11.5 Å². The lowest BCUT2D eigenvalue weighted by Gasteiger charge is -2.11. The highest BCUT2D eigenvalue weighted by molar-refractivity contribution is 8.00. The van der Waals surface area contributed by atoms with Crippen LogP contribution in [0, 0.1) is 6.92 Å². The highest BCUT2D eigenvalue weighted by Gasteiger charge is 2.20. The van der Waals surface area contributed by atoms with E-state index < -0.39 is 0 Å². The molecule has 3 rings (SSSR count). The predicted molar refractivity (Wildman–Crippen MR) is 101 cm³/mol. The minimum absolute atomic E-state index is 0.119. The minimum Gasteiger partial charge on any atom is -0.469 e. The maximum Gasteiger partial charge on any atom is 0.277 e. The van der Waals surface area contributed by atoms with Gasteiger partial charge in [-0.15, -0.1) is 10.2 Å². The van der Waals surface area contributed by atoms with Gasteiger partial charge in [-0.3, -0.25) is 4.79 Å². The summed E-state index contributed by atoms with van der Waals surface area (Å²) in [6, 6.07) is 9.65. The van der Waals surface area contributed by atoms with Crippen LogP contribution in [0.3, 0.4) is 0 Å². The monoisotopic (exact) mass is 371 g/mol. The topological polar surface area (TPSA) is 81.2 Å². The van der Waals surface area contributed by atoms with Crippen molar-refractivity contribution in [3.05, 3.63) is 47.9 Å². The Balaban J connectivity index is 1.61. The Morgan fingerprint density at radius 3 is 2.46 bits per heavy atom. The van der Waals surface area contributed by atoms with E-state index in [-0.39, 0.29) is 11.2 Å². The zero-order valence-electron chi connectivity index (χ0n) is 15.1. The van der Waals surface area contributed by atoms with Crippen LogP contribution in [0.2, 0.25) is 0 Å². The number of thioether (sulfide) groups is 1. The van der Waals surface area contributed by atoms with Gasteiger partial charge in [0.15, 0.2) is 0 Å². The fourth-order valence-corrected chi connectivity index (χ4v) is 3.06. The Hall–Kier alpha value is -2.54. The number of carbonyl (C=O) groups is 1. The lowest BCUT2D eigenvalue weighted by atomic mass is 10.0. The Morgan fingerprint density at radius 2 is 1.85 bits per heavy atom. The molecule has 0 aliphatic heterocycles. The normalized spacial score (nSPS) is 12.3. The third-order valence-electron chi connectivity index (χ3n) is 3.99. The number of nitrogens with one attached hydrogen (secondary N) is 1. The molecule has 7 heteroatoms. The summed E-state index contributed by atoms with van der Waals surface area (Å²) in [5.74, 6) is 1.43. The van der Waals surface area contributed by atoms with E-state index in [2.05, 4.69) is 29.4 Å². The van der Waals surface area contributed by atoms with Crippen molar-refractivity contribution in [2.75, 3.05) is 5.32 Å². The molecule has 0 aliphatic rings. The molecule has 26 heavy (non-hydrogen) atoms. The molecule has 0 spiro atoms. The van der Waals surface area contributed by atoms with Crippen LogP contribution in [0.5, 0.6) is 0 Å². The number of furan rings is 1. The molecule has 0 unspecified atom stereocenters. The van der Waals surface area contributed by atoms with Gasteiger partial charge in [0.25, 0.3) is 11.1 Å². The third kappa shape index (κ3) is 4.16. The van der Waals surface area contributed by atoms with E-state index >= 15 is 0 Å². The second kappa shape index (κ2) is 7.78. The summed E-state index contributed by atoms with van der Waals surface area (Å²) in [6.07, 6.45) is 1.57. The molecule has 1 amide bonds. The molecule has 0 saturated carbocycles. The van der Waals surface area contributed by atoms with Crippen LogP contribution in [0.25, 0.3) is 11.5 Å². The first kappa shape index (κ1) is 18.3. The van der Waals surface area contributed by atoms with Gasteiger partial charge in [0.05, 0.1) is 17.1 Å². The first-order valence-electron chi connectivity index (χ1n) is 8.39. The quantitative estimate of drug-likeness (QED) is 0.622. The fourth-order valence-electron chi connectivity index (χ4n) is 2.37. The number of nitrogens with zero attached hydrogens (tertiary/aromatic N) is 2. The maximum atomic E-state index is 12.4. The van der Waals surface area contributed by atoms with Gasteiger partial charge in [0, 0.05) is 5.69 Å². The number of benzene rings is 1. The van der Waals surface area contributed by atoms with Crippen molar-refractivity contribution in [1.82, 2.24) is 10.2 Å². The number of hydrogen-bond acceptors (Lipinski definition) is 6. The number of aryl methyl sites for hydroxylation is 1. The molecule has 2 aromatic heterocycles. The summed E-state index contributed by atoms with van der Waals surface area (Å²) in [7, 11) is 0. The summed E-state index contributed by atoms with van der Waals surface area (Å²) < 4.78 is 10.9. The van der Waals surface area contributed by atoms with Crippen molar-refractivity contribution in [3.63, 3.8) is 0 Å². The van der Waals surface area contributed by atoms with Crippen molar-refractivity contribution in [2.45, 2.75) is 44.1 Å². The van der Waals surface area contributed by atoms with Crippen LogP contribution >= 0.6 is 11.8 Å². The molecule has 6 nitrogen and oxygen atoms in total. The molecule has 0 radical (unpaired) electrons. The first-order valence-corrected chi connectivity index (χ1v) is 9.27. The lowest BCUT2D eigenvalue weighted by Crippen LogP contribution is -2.22. The fraction of sp³-hybridized carbons (Fsp3) is 0.316. The van der Waals surface area contributed by atoms with Gasteiger partial charge in [0.2, 0.25) is 5.91 Å². The summed E-state index contributed by atoms with van der Waals surface area (Å²) >= 11 is 1.22. The number of rotatable bonds is 6. The van der Waals surface area contributed by atoms with Gasteiger partial charge in [0.1, 0.15) is 5.76 Å². The molecule has 1 N–H and O–H groups in total. The highest BCUT2D eigenvalue weighted by Crippen LogP contribution is 2.28. The van der Waals surface area contributed by atoms with Gasteiger partial charge in [-0.2, -0.15) is 0 Å². The Morgan fingerprint density at radius 1 is 1.12 bits per heavy atom. The molecular formula is C19H21N3O3S. The maximum absolute atomic E-state index is 12.4. The number of anilines is 1. The number of hydrogen-bond donors (Lipinski definition) is 1. The van der Waals surface area contributed by atoms with Gasteiger partial charge < -0.3 is 14.2 Å². The average molecular weight is 371 g/mol. The van der Waals surface area contributed by atoms with Gasteiger partial charge in [-0.05, 0) is 43.5 Å². The molecule has 0 bridgehead atoms. The Kier molecular flexibility index (Phi) is 5.46. The summed E-state index contributed by atoms with van der Waals surface area (Å²) in [6.45, 7) is 7.90. The van der Waals surface area contributed by atoms with E-state index in [1.54, 1.807) is 19.3 Å². The molecule has 0 aliphatic carbocycles. The molecule has 2 heterocycles. The van der Waals surface area contributed by atoms with E-state index in [0.29, 0.717) is 22.8 Å².